The summed E-state index contributed by atoms with van der Waals surface area (Å²) in [5, 5.41) is 5.10. The molecular weight excluding hydrogens is 350 g/mol. The van der Waals surface area contributed by atoms with Crippen LogP contribution in [0, 0.1) is 6.92 Å². The van der Waals surface area contributed by atoms with E-state index >= 15 is 0 Å². The van der Waals surface area contributed by atoms with Crippen LogP contribution in [0.5, 0.6) is 0 Å². The van der Waals surface area contributed by atoms with E-state index in [9.17, 15) is 9.59 Å². The molecule has 24 heavy (non-hydrogen) atoms. The van der Waals surface area contributed by atoms with Crippen molar-refractivity contribution in [1.29, 1.82) is 0 Å². The SMILES string of the molecule is Cc1ccc(Cl)cc1NC(=O)COC(=O)Cc1cn2ccsc2n1. The molecule has 0 bridgehead atoms. The number of hydrogen-bond donors (Lipinski definition) is 1. The molecule has 2 aromatic heterocycles. The minimum atomic E-state index is -0.501. The Morgan fingerprint density at radius 2 is 2.25 bits per heavy atom. The molecular formula is C16H14ClN3O3S. The summed E-state index contributed by atoms with van der Waals surface area (Å²) >= 11 is 7.38. The lowest BCUT2D eigenvalue weighted by Gasteiger charge is -2.09. The van der Waals surface area contributed by atoms with Crippen LogP contribution in [0.4, 0.5) is 5.69 Å². The number of imidazole rings is 1. The van der Waals surface area contributed by atoms with Crippen molar-refractivity contribution in [2.45, 2.75) is 13.3 Å². The molecule has 0 atom stereocenters. The topological polar surface area (TPSA) is 72.7 Å². The van der Waals surface area contributed by atoms with Gasteiger partial charge in [0.2, 0.25) is 0 Å². The smallest absolute Gasteiger partial charge is 0.312 e. The number of thiazole rings is 1. The Labute approximate surface area is 147 Å². The molecule has 8 heteroatoms. The molecule has 2 heterocycles. The molecule has 1 amide bonds. The van der Waals surface area contributed by atoms with Gasteiger partial charge in [-0.3, -0.25) is 14.0 Å². The van der Waals surface area contributed by atoms with Gasteiger partial charge in [0, 0.05) is 28.5 Å². The minimum absolute atomic E-state index is 0.0257. The number of amides is 1. The molecule has 124 valence electrons. The third-order valence-corrected chi connectivity index (χ3v) is 4.31. The van der Waals surface area contributed by atoms with Gasteiger partial charge in [-0.15, -0.1) is 11.3 Å². The van der Waals surface area contributed by atoms with Crippen molar-refractivity contribution >= 4 is 45.5 Å². The van der Waals surface area contributed by atoms with Gasteiger partial charge in [0.15, 0.2) is 11.6 Å². The zero-order valence-electron chi connectivity index (χ0n) is 12.8. The fourth-order valence-corrected chi connectivity index (χ4v) is 3.01. The monoisotopic (exact) mass is 363 g/mol. The maximum Gasteiger partial charge on any atom is 0.312 e. The number of halogens is 1. The molecule has 0 unspecified atom stereocenters. The second kappa shape index (κ2) is 7.02. The first kappa shape index (κ1) is 16.5. The van der Waals surface area contributed by atoms with Crippen molar-refractivity contribution < 1.29 is 14.3 Å². The number of rotatable bonds is 5. The summed E-state index contributed by atoms with van der Waals surface area (Å²) in [4.78, 5) is 28.8. The summed E-state index contributed by atoms with van der Waals surface area (Å²) in [6.07, 6.45) is 3.66. The Morgan fingerprint density at radius 3 is 3.04 bits per heavy atom. The number of carbonyl (C=O) groups excluding carboxylic acids is 2. The molecule has 0 saturated carbocycles. The second-order valence-electron chi connectivity index (χ2n) is 5.17. The number of aromatic nitrogens is 2. The third-order valence-electron chi connectivity index (χ3n) is 3.31. The van der Waals surface area contributed by atoms with Gasteiger partial charge >= 0.3 is 5.97 Å². The van der Waals surface area contributed by atoms with Crippen LogP contribution in [0.3, 0.4) is 0 Å². The van der Waals surface area contributed by atoms with Crippen LogP contribution in [0.25, 0.3) is 4.96 Å². The standard InChI is InChI=1S/C16H14ClN3O3S/c1-10-2-3-11(17)6-13(10)19-14(21)9-23-15(22)7-12-8-20-4-5-24-16(20)18-12/h2-6,8H,7,9H2,1H3,(H,19,21). The number of hydrogen-bond acceptors (Lipinski definition) is 5. The highest BCUT2D eigenvalue weighted by atomic mass is 35.5. The molecule has 1 N–H and O–H groups in total. The number of ether oxygens (including phenoxy) is 1. The highest BCUT2D eigenvalue weighted by Crippen LogP contribution is 2.20. The molecule has 3 rings (SSSR count). The molecule has 0 saturated heterocycles. The number of anilines is 1. The van der Waals surface area contributed by atoms with Gasteiger partial charge in [0.1, 0.15) is 0 Å². The maximum absolute atomic E-state index is 11.9. The minimum Gasteiger partial charge on any atom is -0.455 e. The molecule has 0 aliphatic carbocycles. The van der Waals surface area contributed by atoms with E-state index < -0.39 is 11.9 Å². The Hall–Kier alpha value is -2.38. The zero-order valence-corrected chi connectivity index (χ0v) is 14.4. The predicted octanol–water partition coefficient (Wildman–Crippen LogP) is 3.08. The second-order valence-corrected chi connectivity index (χ2v) is 6.48. The van der Waals surface area contributed by atoms with Crippen molar-refractivity contribution in [1.82, 2.24) is 9.38 Å². The van der Waals surface area contributed by atoms with E-state index in [0.29, 0.717) is 16.4 Å². The van der Waals surface area contributed by atoms with Crippen LogP contribution >= 0.6 is 22.9 Å². The first-order valence-corrected chi connectivity index (χ1v) is 8.40. The Kier molecular flexibility index (Phi) is 4.82. The number of nitrogens with one attached hydrogen (secondary N) is 1. The van der Waals surface area contributed by atoms with Gasteiger partial charge in [-0.1, -0.05) is 17.7 Å². The van der Waals surface area contributed by atoms with Crippen LogP contribution in [0.1, 0.15) is 11.3 Å². The number of benzene rings is 1. The van der Waals surface area contributed by atoms with Gasteiger partial charge < -0.3 is 10.1 Å². The van der Waals surface area contributed by atoms with Gasteiger partial charge in [-0.05, 0) is 24.6 Å². The average molecular weight is 364 g/mol. The average Bonchev–Trinajstić information content (AvgIpc) is 3.10. The van der Waals surface area contributed by atoms with Crippen LogP contribution in [-0.4, -0.2) is 27.9 Å². The van der Waals surface area contributed by atoms with Crippen molar-refractivity contribution in [3.05, 3.63) is 52.3 Å². The van der Waals surface area contributed by atoms with Gasteiger partial charge in [-0.2, -0.15) is 0 Å². The molecule has 0 fully saturated rings. The zero-order chi connectivity index (χ0) is 17.1. The largest absolute Gasteiger partial charge is 0.455 e. The fraction of sp³-hybridized carbons (Fsp3) is 0.188. The highest BCUT2D eigenvalue weighted by molar-refractivity contribution is 7.15. The van der Waals surface area contributed by atoms with Crippen LogP contribution < -0.4 is 5.32 Å². The fourth-order valence-electron chi connectivity index (χ4n) is 2.12. The van der Waals surface area contributed by atoms with Crippen LogP contribution in [0.2, 0.25) is 5.02 Å². The van der Waals surface area contributed by atoms with E-state index in [1.54, 1.807) is 24.4 Å². The van der Waals surface area contributed by atoms with E-state index in [1.165, 1.54) is 11.3 Å². The molecule has 1 aromatic carbocycles. The quantitative estimate of drug-likeness (QED) is 0.707. The van der Waals surface area contributed by atoms with Crippen molar-refractivity contribution in [2.24, 2.45) is 0 Å². The van der Waals surface area contributed by atoms with E-state index in [-0.39, 0.29) is 13.0 Å². The molecule has 0 radical (unpaired) electrons. The first-order valence-electron chi connectivity index (χ1n) is 7.14. The van der Waals surface area contributed by atoms with E-state index in [2.05, 4.69) is 10.3 Å². The Bertz CT molecular complexity index is 874. The van der Waals surface area contributed by atoms with Crippen LogP contribution in [-0.2, 0) is 20.7 Å². The summed E-state index contributed by atoms with van der Waals surface area (Å²) < 4.78 is 6.83. The summed E-state index contributed by atoms with van der Waals surface area (Å²) in [6, 6.07) is 5.19. The summed E-state index contributed by atoms with van der Waals surface area (Å²) in [6.45, 7) is 1.50. The molecule has 0 spiro atoms. The highest BCUT2D eigenvalue weighted by Gasteiger charge is 2.12. The Balaban J connectivity index is 1.51. The number of carbonyl (C=O) groups is 2. The van der Waals surface area contributed by atoms with E-state index in [4.69, 9.17) is 16.3 Å². The molecule has 6 nitrogen and oxygen atoms in total. The summed E-state index contributed by atoms with van der Waals surface area (Å²) in [5.74, 6) is -0.918. The van der Waals surface area contributed by atoms with Crippen molar-refractivity contribution in [3.8, 4) is 0 Å². The molecule has 0 aliphatic heterocycles. The lowest BCUT2D eigenvalue weighted by molar-refractivity contribution is -0.146. The summed E-state index contributed by atoms with van der Waals surface area (Å²) in [7, 11) is 0. The first-order chi connectivity index (χ1) is 11.5. The van der Waals surface area contributed by atoms with E-state index in [0.717, 1.165) is 10.5 Å². The predicted molar refractivity (Wildman–Crippen MR) is 92.6 cm³/mol. The van der Waals surface area contributed by atoms with Gasteiger partial charge in [-0.25, -0.2) is 4.98 Å². The lowest BCUT2D eigenvalue weighted by atomic mass is 10.2. The number of nitrogens with zero attached hydrogens (tertiary/aromatic N) is 2. The molecule has 3 aromatic rings. The normalized spacial score (nSPS) is 10.8. The number of esters is 1. The number of aryl methyl sites for hydroxylation is 1. The lowest BCUT2D eigenvalue weighted by Crippen LogP contribution is -2.22. The van der Waals surface area contributed by atoms with Crippen molar-refractivity contribution in [2.75, 3.05) is 11.9 Å². The van der Waals surface area contributed by atoms with E-state index in [1.807, 2.05) is 22.9 Å². The maximum atomic E-state index is 11.9. The number of fused-ring (bicyclic) bond motifs is 1. The summed E-state index contributed by atoms with van der Waals surface area (Å²) in [5.41, 5.74) is 2.08. The van der Waals surface area contributed by atoms with Crippen LogP contribution in [0.15, 0.2) is 36.0 Å². The Morgan fingerprint density at radius 1 is 1.42 bits per heavy atom. The van der Waals surface area contributed by atoms with Gasteiger partial charge in [0.25, 0.3) is 5.91 Å². The molecule has 0 aliphatic rings. The van der Waals surface area contributed by atoms with Crippen molar-refractivity contribution in [3.63, 3.8) is 0 Å². The third kappa shape index (κ3) is 3.93. The van der Waals surface area contributed by atoms with Gasteiger partial charge in [0.05, 0.1) is 12.1 Å².